The largest absolute Gasteiger partial charge is 0.394 e. The predicted octanol–water partition coefficient (Wildman–Crippen LogP) is 5.66. The van der Waals surface area contributed by atoms with Gasteiger partial charge in [-0.05, 0) is 57.3 Å². The zero-order valence-corrected chi connectivity index (χ0v) is 15.9. The topological polar surface area (TPSA) is 18.5 Å². The fraction of sp³-hybridized carbons (Fsp3) is 1.00. The monoisotopic (exact) mass is 312 g/mol. The van der Waals surface area contributed by atoms with E-state index in [2.05, 4.69) is 34.6 Å². The summed E-state index contributed by atoms with van der Waals surface area (Å²) in [4.78, 5) is 0. The summed E-state index contributed by atoms with van der Waals surface area (Å²) >= 11 is 0. The minimum absolute atomic E-state index is 0.484. The van der Waals surface area contributed by atoms with Crippen LogP contribution in [0.2, 0.25) is 11.1 Å². The van der Waals surface area contributed by atoms with Gasteiger partial charge in [0, 0.05) is 24.3 Å². The average Bonchev–Trinajstić information content (AvgIpc) is 2.79. The molecule has 3 unspecified atom stereocenters. The molecule has 21 heavy (non-hydrogen) atoms. The number of hydrogen-bond donors (Lipinski definition) is 0. The van der Waals surface area contributed by atoms with Gasteiger partial charge >= 0.3 is 8.56 Å². The quantitative estimate of drug-likeness (QED) is 0.589. The van der Waals surface area contributed by atoms with Gasteiger partial charge in [0.2, 0.25) is 0 Å². The van der Waals surface area contributed by atoms with Gasteiger partial charge in [0.1, 0.15) is 0 Å². The number of rotatable bonds is 6. The molecule has 0 heterocycles. The van der Waals surface area contributed by atoms with E-state index >= 15 is 0 Å². The summed E-state index contributed by atoms with van der Waals surface area (Å²) in [5, 5.41) is 0. The maximum absolute atomic E-state index is 6.55. The molecule has 0 aromatic carbocycles. The van der Waals surface area contributed by atoms with Gasteiger partial charge in [0.05, 0.1) is 0 Å². The smallest absolute Gasteiger partial charge is 0.344 e. The molecule has 0 spiro atoms. The van der Waals surface area contributed by atoms with Crippen molar-refractivity contribution < 1.29 is 8.85 Å². The lowest BCUT2D eigenvalue weighted by molar-refractivity contribution is 0.146. The Labute approximate surface area is 133 Å². The van der Waals surface area contributed by atoms with E-state index in [9.17, 15) is 0 Å². The van der Waals surface area contributed by atoms with Crippen LogP contribution in [-0.4, -0.2) is 21.8 Å². The van der Waals surface area contributed by atoms with E-state index in [1.165, 1.54) is 44.9 Å². The van der Waals surface area contributed by atoms with Crippen LogP contribution in [0.25, 0.3) is 0 Å². The van der Waals surface area contributed by atoms with Crippen LogP contribution in [0.5, 0.6) is 0 Å². The number of hydrogen-bond acceptors (Lipinski definition) is 2. The minimum Gasteiger partial charge on any atom is -0.394 e. The highest BCUT2D eigenvalue weighted by atomic mass is 28.4. The Morgan fingerprint density at radius 1 is 1.00 bits per heavy atom. The summed E-state index contributed by atoms with van der Waals surface area (Å²) < 4.78 is 13.1. The first kappa shape index (κ1) is 17.5. The third kappa shape index (κ3) is 3.91. The Bertz CT molecular complexity index is 319. The highest BCUT2D eigenvalue weighted by Crippen LogP contribution is 2.55. The highest BCUT2D eigenvalue weighted by Gasteiger charge is 2.55. The Hall–Kier alpha value is 0.137. The first-order chi connectivity index (χ1) is 9.93. The second-order valence-electron chi connectivity index (χ2n) is 8.16. The Kier molecular flexibility index (Phi) is 5.95. The SMILES string of the molecule is CCO[Si](OCC)(C1CCCC(C)C1)C1CCC(C)(C)C1. The molecular formula is C18H36O2Si. The van der Waals surface area contributed by atoms with Crippen LogP contribution in [-0.2, 0) is 8.85 Å². The van der Waals surface area contributed by atoms with Crippen LogP contribution >= 0.6 is 0 Å². The zero-order chi connectivity index (χ0) is 15.5. The molecule has 0 N–H and O–H groups in total. The molecule has 2 rings (SSSR count). The predicted molar refractivity (Wildman–Crippen MR) is 91.8 cm³/mol. The van der Waals surface area contributed by atoms with Crippen molar-refractivity contribution in [2.24, 2.45) is 11.3 Å². The van der Waals surface area contributed by atoms with Gasteiger partial charge < -0.3 is 8.85 Å². The van der Waals surface area contributed by atoms with Gasteiger partial charge in [-0.2, -0.15) is 0 Å². The molecular weight excluding hydrogens is 276 g/mol. The summed E-state index contributed by atoms with van der Waals surface area (Å²) in [5.74, 6) is 0.853. The fourth-order valence-electron chi connectivity index (χ4n) is 4.88. The third-order valence-corrected chi connectivity index (χ3v) is 10.6. The van der Waals surface area contributed by atoms with Crippen molar-refractivity contribution in [1.82, 2.24) is 0 Å². The molecule has 2 saturated carbocycles. The Morgan fingerprint density at radius 3 is 2.14 bits per heavy atom. The van der Waals surface area contributed by atoms with E-state index in [0.29, 0.717) is 11.0 Å². The molecule has 0 aliphatic heterocycles. The molecule has 2 aliphatic carbocycles. The second kappa shape index (κ2) is 7.14. The molecule has 0 amide bonds. The fourth-order valence-corrected chi connectivity index (χ4v) is 10.2. The molecule has 0 aromatic rings. The van der Waals surface area contributed by atoms with Crippen LogP contribution < -0.4 is 0 Å². The van der Waals surface area contributed by atoms with Gasteiger partial charge in [0.25, 0.3) is 0 Å². The van der Waals surface area contributed by atoms with E-state index in [4.69, 9.17) is 8.85 Å². The molecule has 2 aliphatic rings. The maximum atomic E-state index is 6.55. The van der Waals surface area contributed by atoms with Gasteiger partial charge in [0.15, 0.2) is 0 Å². The van der Waals surface area contributed by atoms with E-state index in [-0.39, 0.29) is 0 Å². The van der Waals surface area contributed by atoms with E-state index in [0.717, 1.165) is 24.7 Å². The first-order valence-corrected chi connectivity index (χ1v) is 11.2. The Morgan fingerprint density at radius 2 is 1.67 bits per heavy atom. The summed E-state index contributed by atoms with van der Waals surface area (Å²) in [6.45, 7) is 13.2. The summed E-state index contributed by atoms with van der Waals surface area (Å²) in [5.41, 5.74) is 1.92. The molecule has 3 heteroatoms. The molecule has 124 valence electrons. The second-order valence-corrected chi connectivity index (χ2v) is 11.8. The van der Waals surface area contributed by atoms with Crippen LogP contribution in [0, 0.1) is 11.3 Å². The van der Waals surface area contributed by atoms with E-state index in [1.807, 2.05) is 0 Å². The molecule has 3 atom stereocenters. The van der Waals surface area contributed by atoms with E-state index < -0.39 is 8.56 Å². The first-order valence-electron chi connectivity index (χ1n) is 9.21. The lowest BCUT2D eigenvalue weighted by Gasteiger charge is -2.44. The highest BCUT2D eigenvalue weighted by molar-refractivity contribution is 6.70. The van der Waals surface area contributed by atoms with Crippen molar-refractivity contribution in [2.45, 2.75) is 90.6 Å². The average molecular weight is 313 g/mol. The molecule has 2 fully saturated rings. The van der Waals surface area contributed by atoms with E-state index in [1.54, 1.807) is 0 Å². The summed E-state index contributed by atoms with van der Waals surface area (Å²) in [6, 6.07) is 0. The molecule has 2 nitrogen and oxygen atoms in total. The lowest BCUT2D eigenvalue weighted by Crippen LogP contribution is -2.52. The van der Waals surface area contributed by atoms with Gasteiger partial charge in [-0.3, -0.25) is 0 Å². The minimum atomic E-state index is -2.09. The van der Waals surface area contributed by atoms with Crippen LogP contribution in [0.15, 0.2) is 0 Å². The van der Waals surface area contributed by atoms with Crippen LogP contribution in [0.3, 0.4) is 0 Å². The van der Waals surface area contributed by atoms with Crippen LogP contribution in [0.4, 0.5) is 0 Å². The summed E-state index contributed by atoms with van der Waals surface area (Å²) in [7, 11) is -2.09. The normalized spacial score (nSPS) is 33.3. The molecule has 0 aromatic heterocycles. The van der Waals surface area contributed by atoms with Crippen molar-refractivity contribution in [2.75, 3.05) is 13.2 Å². The lowest BCUT2D eigenvalue weighted by atomic mass is 9.90. The van der Waals surface area contributed by atoms with Crippen molar-refractivity contribution in [1.29, 1.82) is 0 Å². The third-order valence-electron chi connectivity index (χ3n) is 5.78. The summed E-state index contributed by atoms with van der Waals surface area (Å²) in [6.07, 6.45) is 9.42. The zero-order valence-electron chi connectivity index (χ0n) is 14.9. The molecule has 0 bridgehead atoms. The maximum Gasteiger partial charge on any atom is 0.344 e. The van der Waals surface area contributed by atoms with Crippen molar-refractivity contribution in [3.63, 3.8) is 0 Å². The van der Waals surface area contributed by atoms with Crippen molar-refractivity contribution in [3.05, 3.63) is 0 Å². The van der Waals surface area contributed by atoms with Crippen LogP contribution in [0.1, 0.15) is 79.6 Å². The standard InChI is InChI=1S/C18H36O2Si/c1-6-19-21(20-7-2,16-10-8-9-15(3)13-16)17-11-12-18(4,5)14-17/h15-17H,6-14H2,1-5H3. The Balaban J connectivity index is 2.23. The van der Waals surface area contributed by atoms with Gasteiger partial charge in [-0.1, -0.05) is 33.6 Å². The van der Waals surface area contributed by atoms with Crippen molar-refractivity contribution >= 4 is 8.56 Å². The molecule has 0 saturated heterocycles. The van der Waals surface area contributed by atoms with Crippen molar-refractivity contribution in [3.8, 4) is 0 Å². The molecule has 0 radical (unpaired) electrons. The van der Waals surface area contributed by atoms with Gasteiger partial charge in [-0.25, -0.2) is 0 Å². The van der Waals surface area contributed by atoms with Gasteiger partial charge in [-0.15, -0.1) is 0 Å².